The van der Waals surface area contributed by atoms with E-state index >= 15 is 0 Å². The standard InChI is InChI=1S/C12H15N3O2/c1-2-14-8-11(16)15(12(14)17)10-5-3-9(7-13)4-6-10/h3-6H,2,7-8,13H2,1H3. The number of nitrogens with zero attached hydrogens (tertiary/aromatic N) is 2. The van der Waals surface area contributed by atoms with E-state index < -0.39 is 0 Å². The highest BCUT2D eigenvalue weighted by Gasteiger charge is 2.35. The van der Waals surface area contributed by atoms with Crippen LogP contribution in [-0.2, 0) is 11.3 Å². The Balaban J connectivity index is 2.27. The minimum atomic E-state index is -0.252. The summed E-state index contributed by atoms with van der Waals surface area (Å²) in [6.45, 7) is 3.01. The Hall–Kier alpha value is -1.88. The van der Waals surface area contributed by atoms with Crippen LogP contribution in [0.4, 0.5) is 10.5 Å². The number of nitrogens with two attached hydrogens (primary N) is 1. The van der Waals surface area contributed by atoms with Crippen molar-refractivity contribution in [3.05, 3.63) is 29.8 Å². The molecule has 5 heteroatoms. The number of rotatable bonds is 3. The zero-order chi connectivity index (χ0) is 12.4. The summed E-state index contributed by atoms with van der Waals surface area (Å²) in [5.74, 6) is -0.183. The lowest BCUT2D eigenvalue weighted by atomic mass is 10.2. The quantitative estimate of drug-likeness (QED) is 0.790. The number of likely N-dealkylation sites (N-methyl/N-ethyl adjacent to an activating group) is 1. The minimum Gasteiger partial charge on any atom is -0.326 e. The number of amides is 3. The predicted octanol–water partition coefficient (Wildman–Crippen LogP) is 0.934. The molecule has 2 N–H and O–H groups in total. The molecule has 1 fully saturated rings. The fraction of sp³-hybridized carbons (Fsp3) is 0.333. The maximum Gasteiger partial charge on any atom is 0.331 e. The molecule has 1 heterocycles. The molecule has 0 atom stereocenters. The molecular formula is C12H15N3O2. The Kier molecular flexibility index (Phi) is 3.10. The van der Waals surface area contributed by atoms with Crippen LogP contribution in [0.25, 0.3) is 0 Å². The summed E-state index contributed by atoms with van der Waals surface area (Å²) in [6, 6.07) is 6.89. The highest BCUT2D eigenvalue weighted by atomic mass is 16.2. The first-order chi connectivity index (χ1) is 8.17. The number of benzene rings is 1. The second kappa shape index (κ2) is 4.55. The zero-order valence-electron chi connectivity index (χ0n) is 9.72. The van der Waals surface area contributed by atoms with Crippen molar-refractivity contribution in [1.82, 2.24) is 4.90 Å². The van der Waals surface area contributed by atoms with E-state index in [-0.39, 0.29) is 18.5 Å². The summed E-state index contributed by atoms with van der Waals surface area (Å²) in [5.41, 5.74) is 7.07. The van der Waals surface area contributed by atoms with Crippen LogP contribution in [0.15, 0.2) is 24.3 Å². The van der Waals surface area contributed by atoms with Crippen molar-refractivity contribution in [2.75, 3.05) is 18.0 Å². The number of imide groups is 1. The first kappa shape index (κ1) is 11.6. The molecule has 0 aromatic heterocycles. The summed E-state index contributed by atoms with van der Waals surface area (Å²) >= 11 is 0. The third kappa shape index (κ3) is 2.01. The minimum absolute atomic E-state index is 0.161. The van der Waals surface area contributed by atoms with E-state index in [1.165, 1.54) is 9.80 Å². The van der Waals surface area contributed by atoms with Gasteiger partial charge in [-0.2, -0.15) is 0 Å². The predicted molar refractivity (Wildman–Crippen MR) is 64.5 cm³/mol. The van der Waals surface area contributed by atoms with Gasteiger partial charge in [-0.1, -0.05) is 12.1 Å². The maximum absolute atomic E-state index is 11.9. The van der Waals surface area contributed by atoms with Gasteiger partial charge in [0.2, 0.25) is 0 Å². The normalized spacial score (nSPS) is 15.9. The van der Waals surface area contributed by atoms with Crippen LogP contribution in [0.1, 0.15) is 12.5 Å². The fourth-order valence-corrected chi connectivity index (χ4v) is 1.83. The molecule has 0 aliphatic carbocycles. The molecule has 0 bridgehead atoms. The summed E-state index contributed by atoms with van der Waals surface area (Å²) < 4.78 is 0. The van der Waals surface area contributed by atoms with Crippen LogP contribution in [0.3, 0.4) is 0 Å². The highest BCUT2D eigenvalue weighted by Crippen LogP contribution is 2.21. The Morgan fingerprint density at radius 2 is 1.88 bits per heavy atom. The monoisotopic (exact) mass is 233 g/mol. The van der Waals surface area contributed by atoms with E-state index in [1.54, 1.807) is 12.1 Å². The lowest BCUT2D eigenvalue weighted by Gasteiger charge is -2.15. The van der Waals surface area contributed by atoms with Crippen LogP contribution >= 0.6 is 0 Å². The lowest BCUT2D eigenvalue weighted by Crippen LogP contribution is -2.32. The van der Waals surface area contributed by atoms with Gasteiger partial charge in [-0.05, 0) is 24.6 Å². The molecule has 1 aliphatic heterocycles. The third-order valence-corrected chi connectivity index (χ3v) is 2.85. The molecule has 2 rings (SSSR count). The van der Waals surface area contributed by atoms with Gasteiger partial charge in [0, 0.05) is 13.1 Å². The third-order valence-electron chi connectivity index (χ3n) is 2.85. The van der Waals surface area contributed by atoms with Crippen molar-refractivity contribution >= 4 is 17.6 Å². The Morgan fingerprint density at radius 3 is 2.35 bits per heavy atom. The molecule has 5 nitrogen and oxygen atoms in total. The van der Waals surface area contributed by atoms with Crippen molar-refractivity contribution < 1.29 is 9.59 Å². The maximum atomic E-state index is 11.9. The van der Waals surface area contributed by atoms with Gasteiger partial charge in [-0.15, -0.1) is 0 Å². The summed E-state index contributed by atoms with van der Waals surface area (Å²) in [6.07, 6.45) is 0. The van der Waals surface area contributed by atoms with E-state index in [1.807, 2.05) is 19.1 Å². The van der Waals surface area contributed by atoms with E-state index in [0.717, 1.165) is 5.56 Å². The number of hydrogen-bond acceptors (Lipinski definition) is 3. The molecule has 0 saturated carbocycles. The van der Waals surface area contributed by atoms with Gasteiger partial charge in [0.1, 0.15) is 6.54 Å². The summed E-state index contributed by atoms with van der Waals surface area (Å²) in [5, 5.41) is 0. The fourth-order valence-electron chi connectivity index (χ4n) is 1.83. The molecule has 1 aromatic rings. The van der Waals surface area contributed by atoms with E-state index in [2.05, 4.69) is 0 Å². The molecule has 1 aromatic carbocycles. The molecule has 1 aliphatic rings. The molecule has 0 spiro atoms. The first-order valence-electron chi connectivity index (χ1n) is 5.58. The average molecular weight is 233 g/mol. The largest absolute Gasteiger partial charge is 0.331 e. The van der Waals surface area contributed by atoms with Crippen LogP contribution in [0, 0.1) is 0 Å². The number of urea groups is 1. The van der Waals surface area contributed by atoms with E-state index in [4.69, 9.17) is 5.73 Å². The molecule has 17 heavy (non-hydrogen) atoms. The van der Waals surface area contributed by atoms with E-state index in [0.29, 0.717) is 18.8 Å². The number of carbonyl (C=O) groups is 2. The van der Waals surface area contributed by atoms with Crippen LogP contribution < -0.4 is 10.6 Å². The number of anilines is 1. The Morgan fingerprint density at radius 1 is 1.24 bits per heavy atom. The van der Waals surface area contributed by atoms with Gasteiger partial charge in [0.15, 0.2) is 0 Å². The summed E-state index contributed by atoms with van der Waals surface area (Å²) in [7, 11) is 0. The van der Waals surface area contributed by atoms with Crippen molar-refractivity contribution in [2.24, 2.45) is 5.73 Å². The summed E-state index contributed by atoms with van der Waals surface area (Å²) in [4.78, 5) is 26.4. The average Bonchev–Trinajstić information content (AvgIpc) is 2.64. The van der Waals surface area contributed by atoms with E-state index in [9.17, 15) is 9.59 Å². The van der Waals surface area contributed by atoms with Gasteiger partial charge >= 0.3 is 6.03 Å². The second-order valence-electron chi connectivity index (χ2n) is 3.90. The smallest absolute Gasteiger partial charge is 0.326 e. The Labute approximate surface area is 99.8 Å². The van der Waals surface area contributed by atoms with Gasteiger partial charge in [-0.25, -0.2) is 9.69 Å². The highest BCUT2D eigenvalue weighted by molar-refractivity contribution is 6.19. The van der Waals surface area contributed by atoms with Gasteiger partial charge < -0.3 is 10.6 Å². The topological polar surface area (TPSA) is 66.6 Å². The molecule has 3 amide bonds. The van der Waals surface area contributed by atoms with Crippen LogP contribution in [0.5, 0.6) is 0 Å². The van der Waals surface area contributed by atoms with Crippen molar-refractivity contribution in [2.45, 2.75) is 13.5 Å². The van der Waals surface area contributed by atoms with Gasteiger partial charge in [0.25, 0.3) is 5.91 Å². The molecule has 0 radical (unpaired) electrons. The SMILES string of the molecule is CCN1CC(=O)N(c2ccc(CN)cc2)C1=O. The second-order valence-corrected chi connectivity index (χ2v) is 3.90. The van der Waals surface area contributed by atoms with Gasteiger partial charge in [0.05, 0.1) is 5.69 Å². The molecule has 1 saturated heterocycles. The molecule has 90 valence electrons. The van der Waals surface area contributed by atoms with Crippen molar-refractivity contribution in [1.29, 1.82) is 0 Å². The first-order valence-corrected chi connectivity index (χ1v) is 5.58. The number of hydrogen-bond donors (Lipinski definition) is 1. The molecule has 0 unspecified atom stereocenters. The van der Waals surface area contributed by atoms with Crippen LogP contribution in [0.2, 0.25) is 0 Å². The van der Waals surface area contributed by atoms with Crippen LogP contribution in [-0.4, -0.2) is 29.9 Å². The van der Waals surface area contributed by atoms with Gasteiger partial charge in [-0.3, -0.25) is 4.79 Å². The zero-order valence-corrected chi connectivity index (χ0v) is 9.72. The lowest BCUT2D eigenvalue weighted by molar-refractivity contribution is -0.116. The van der Waals surface area contributed by atoms with Crippen molar-refractivity contribution in [3.63, 3.8) is 0 Å². The Bertz CT molecular complexity index is 442. The van der Waals surface area contributed by atoms with Crippen molar-refractivity contribution in [3.8, 4) is 0 Å². The number of carbonyl (C=O) groups excluding carboxylic acids is 2. The molecular weight excluding hydrogens is 218 g/mol.